The number of amides is 2. The molecule has 1 heterocycles. The van der Waals surface area contributed by atoms with Crippen LogP contribution in [0.1, 0.15) is 15.2 Å². The number of rotatable bonds is 5. The summed E-state index contributed by atoms with van der Waals surface area (Å²) in [6.07, 6.45) is 1.52. The summed E-state index contributed by atoms with van der Waals surface area (Å²) >= 11 is 1.49. The van der Waals surface area contributed by atoms with E-state index in [1.807, 2.05) is 17.5 Å². The van der Waals surface area contributed by atoms with Gasteiger partial charge in [0.1, 0.15) is 5.82 Å². The van der Waals surface area contributed by atoms with Crippen molar-refractivity contribution in [2.75, 3.05) is 6.54 Å². The van der Waals surface area contributed by atoms with Crippen LogP contribution < -0.4 is 10.7 Å². The molecule has 5 nitrogen and oxygen atoms in total. The van der Waals surface area contributed by atoms with E-state index in [0.717, 1.165) is 4.88 Å². The van der Waals surface area contributed by atoms with Crippen molar-refractivity contribution in [3.8, 4) is 0 Å². The molecule has 21 heavy (non-hydrogen) atoms. The Morgan fingerprint density at radius 1 is 1.24 bits per heavy atom. The summed E-state index contributed by atoms with van der Waals surface area (Å²) in [5.74, 6) is -1.32. The van der Waals surface area contributed by atoms with Crippen molar-refractivity contribution < 1.29 is 14.0 Å². The molecule has 7 heteroatoms. The van der Waals surface area contributed by atoms with Gasteiger partial charge in [-0.3, -0.25) is 9.59 Å². The molecule has 0 unspecified atom stereocenters. The van der Waals surface area contributed by atoms with E-state index in [2.05, 4.69) is 15.8 Å². The molecule has 0 aliphatic heterocycles. The number of halogens is 1. The molecule has 0 bridgehead atoms. The van der Waals surface area contributed by atoms with Crippen LogP contribution in [-0.2, 0) is 4.79 Å². The highest BCUT2D eigenvalue weighted by Gasteiger charge is 2.07. The van der Waals surface area contributed by atoms with Gasteiger partial charge >= 0.3 is 0 Å². The minimum Gasteiger partial charge on any atom is -0.343 e. The third-order valence-corrected chi connectivity index (χ3v) is 3.25. The molecule has 2 amide bonds. The Morgan fingerprint density at radius 3 is 2.67 bits per heavy atom. The lowest BCUT2D eigenvalue weighted by atomic mass is 10.2. The number of hydrogen-bond donors (Lipinski definition) is 2. The molecular weight excluding hydrogens is 293 g/mol. The van der Waals surface area contributed by atoms with Crippen molar-refractivity contribution in [3.63, 3.8) is 0 Å². The third kappa shape index (κ3) is 4.81. The van der Waals surface area contributed by atoms with Crippen LogP contribution in [-0.4, -0.2) is 24.6 Å². The van der Waals surface area contributed by atoms with Gasteiger partial charge in [0.25, 0.3) is 11.8 Å². The van der Waals surface area contributed by atoms with Crippen molar-refractivity contribution in [1.82, 2.24) is 10.7 Å². The van der Waals surface area contributed by atoms with Crippen LogP contribution in [0.5, 0.6) is 0 Å². The van der Waals surface area contributed by atoms with Gasteiger partial charge in [0, 0.05) is 10.4 Å². The number of nitrogens with one attached hydrogen (secondary N) is 2. The highest BCUT2D eigenvalue weighted by molar-refractivity contribution is 7.11. The number of benzene rings is 1. The van der Waals surface area contributed by atoms with Crippen molar-refractivity contribution in [2.45, 2.75) is 0 Å². The molecular formula is C14H12FN3O2S. The summed E-state index contributed by atoms with van der Waals surface area (Å²) < 4.78 is 12.7. The minimum absolute atomic E-state index is 0.210. The second-order valence-corrected chi connectivity index (χ2v) is 4.98. The second kappa shape index (κ2) is 7.30. The van der Waals surface area contributed by atoms with Crippen molar-refractivity contribution in [1.29, 1.82) is 0 Å². The molecule has 0 saturated heterocycles. The molecule has 0 aliphatic carbocycles. The van der Waals surface area contributed by atoms with Crippen LogP contribution >= 0.6 is 11.3 Å². The van der Waals surface area contributed by atoms with E-state index in [0.29, 0.717) is 0 Å². The molecule has 0 aliphatic rings. The lowest BCUT2D eigenvalue weighted by Gasteiger charge is -2.04. The first-order valence-corrected chi connectivity index (χ1v) is 6.92. The molecule has 0 fully saturated rings. The van der Waals surface area contributed by atoms with Gasteiger partial charge in [-0.1, -0.05) is 6.07 Å². The van der Waals surface area contributed by atoms with E-state index < -0.39 is 17.6 Å². The lowest BCUT2D eigenvalue weighted by molar-refractivity contribution is -0.120. The monoisotopic (exact) mass is 305 g/mol. The fraction of sp³-hybridized carbons (Fsp3) is 0.0714. The molecule has 0 radical (unpaired) electrons. The maximum atomic E-state index is 12.7. The summed E-state index contributed by atoms with van der Waals surface area (Å²) in [7, 11) is 0. The summed E-state index contributed by atoms with van der Waals surface area (Å²) in [4.78, 5) is 24.0. The van der Waals surface area contributed by atoms with Gasteiger partial charge in [0.15, 0.2) is 0 Å². The normalized spacial score (nSPS) is 10.5. The van der Waals surface area contributed by atoms with Gasteiger partial charge in [0.05, 0.1) is 12.8 Å². The van der Waals surface area contributed by atoms with Crippen molar-refractivity contribution in [3.05, 3.63) is 58.0 Å². The zero-order valence-electron chi connectivity index (χ0n) is 10.9. The number of hydrogen-bond acceptors (Lipinski definition) is 4. The molecule has 0 saturated carbocycles. The number of carbonyl (C=O) groups is 2. The van der Waals surface area contributed by atoms with Gasteiger partial charge in [-0.15, -0.1) is 11.3 Å². The average molecular weight is 305 g/mol. The summed E-state index contributed by atoms with van der Waals surface area (Å²) in [6, 6.07) is 8.78. The zero-order valence-corrected chi connectivity index (χ0v) is 11.7. The first-order chi connectivity index (χ1) is 10.1. The van der Waals surface area contributed by atoms with E-state index in [4.69, 9.17) is 0 Å². The Balaban J connectivity index is 1.76. The second-order valence-electron chi connectivity index (χ2n) is 4.00. The van der Waals surface area contributed by atoms with E-state index >= 15 is 0 Å². The van der Waals surface area contributed by atoms with Crippen molar-refractivity contribution >= 4 is 29.4 Å². The molecule has 2 N–H and O–H groups in total. The van der Waals surface area contributed by atoms with Crippen molar-refractivity contribution in [2.24, 2.45) is 5.10 Å². The molecule has 2 rings (SSSR count). The highest BCUT2D eigenvalue weighted by atomic mass is 32.1. The predicted octanol–water partition coefficient (Wildman–Crippen LogP) is 1.77. The fourth-order valence-electron chi connectivity index (χ4n) is 1.44. The van der Waals surface area contributed by atoms with Crippen LogP contribution in [0.15, 0.2) is 46.9 Å². The van der Waals surface area contributed by atoms with E-state index in [9.17, 15) is 14.0 Å². The average Bonchev–Trinajstić information content (AvgIpc) is 2.99. The Kier molecular flexibility index (Phi) is 5.16. The smallest absolute Gasteiger partial charge is 0.259 e. The maximum Gasteiger partial charge on any atom is 0.259 e. The van der Waals surface area contributed by atoms with E-state index in [1.165, 1.54) is 41.8 Å². The van der Waals surface area contributed by atoms with Gasteiger partial charge < -0.3 is 5.32 Å². The van der Waals surface area contributed by atoms with Gasteiger partial charge in [0.2, 0.25) is 0 Å². The van der Waals surface area contributed by atoms with Gasteiger partial charge in [-0.05, 0) is 35.7 Å². The zero-order chi connectivity index (χ0) is 15.1. The Hall–Kier alpha value is -2.54. The van der Waals surface area contributed by atoms with Crippen LogP contribution in [0, 0.1) is 5.82 Å². The van der Waals surface area contributed by atoms with Crippen LogP contribution in [0.3, 0.4) is 0 Å². The van der Waals surface area contributed by atoms with E-state index in [1.54, 1.807) is 0 Å². The molecule has 0 spiro atoms. The van der Waals surface area contributed by atoms with E-state index in [-0.39, 0.29) is 12.1 Å². The summed E-state index contributed by atoms with van der Waals surface area (Å²) in [5.41, 5.74) is 2.58. The molecule has 108 valence electrons. The SMILES string of the molecule is O=C(CNC(=O)c1ccc(F)cc1)N/N=C\c1cccs1. The maximum absolute atomic E-state index is 12.7. The Morgan fingerprint density at radius 2 is 2.00 bits per heavy atom. The lowest BCUT2D eigenvalue weighted by Crippen LogP contribution is -2.34. The summed E-state index contributed by atoms with van der Waals surface area (Å²) in [6.45, 7) is -0.210. The number of nitrogens with zero attached hydrogens (tertiary/aromatic N) is 1. The predicted molar refractivity (Wildman–Crippen MR) is 78.8 cm³/mol. The van der Waals surface area contributed by atoms with Crippen LogP contribution in [0.25, 0.3) is 0 Å². The first kappa shape index (κ1) is 14.9. The van der Waals surface area contributed by atoms with Crippen LogP contribution in [0.4, 0.5) is 4.39 Å². The topological polar surface area (TPSA) is 70.6 Å². The standard InChI is InChI=1S/C14H12FN3O2S/c15-11-5-3-10(4-6-11)14(20)16-9-13(19)18-17-8-12-2-1-7-21-12/h1-8H,9H2,(H,16,20)(H,18,19)/b17-8-. The first-order valence-electron chi connectivity index (χ1n) is 6.04. The molecule has 2 aromatic rings. The molecule has 1 aromatic carbocycles. The van der Waals surface area contributed by atoms with Gasteiger partial charge in [-0.25, -0.2) is 9.82 Å². The molecule has 1 aromatic heterocycles. The van der Waals surface area contributed by atoms with Crippen LogP contribution in [0.2, 0.25) is 0 Å². The number of hydrazone groups is 1. The highest BCUT2D eigenvalue weighted by Crippen LogP contribution is 2.04. The Labute approximate surface area is 124 Å². The quantitative estimate of drug-likeness (QED) is 0.653. The third-order valence-electron chi connectivity index (χ3n) is 2.44. The molecule has 0 atom stereocenters. The largest absolute Gasteiger partial charge is 0.343 e. The Bertz CT molecular complexity index is 639. The summed E-state index contributed by atoms with van der Waals surface area (Å²) in [5, 5.41) is 8.07. The fourth-order valence-corrected chi connectivity index (χ4v) is 2.02. The minimum atomic E-state index is -0.451. The van der Waals surface area contributed by atoms with Gasteiger partial charge in [-0.2, -0.15) is 5.10 Å². The number of thiophene rings is 1. The number of carbonyl (C=O) groups excluding carboxylic acids is 2.